The highest BCUT2D eigenvalue weighted by atomic mass is 16.2. The van der Waals surface area contributed by atoms with Crippen LogP contribution in [0.3, 0.4) is 0 Å². The van der Waals surface area contributed by atoms with Gasteiger partial charge in [0.05, 0.1) is 5.92 Å². The predicted octanol–water partition coefficient (Wildman–Crippen LogP) is 2.50. The third-order valence-electron chi connectivity index (χ3n) is 4.24. The monoisotopic (exact) mass is 310 g/mol. The van der Waals surface area contributed by atoms with Gasteiger partial charge >= 0.3 is 0 Å². The van der Waals surface area contributed by atoms with Gasteiger partial charge in [0.15, 0.2) is 0 Å². The molecule has 3 N–H and O–H groups in total. The first-order valence-corrected chi connectivity index (χ1v) is 7.61. The second kappa shape index (κ2) is 7.09. The molecule has 1 unspecified atom stereocenters. The minimum absolute atomic E-state index is 0.199. The van der Waals surface area contributed by atoms with Crippen molar-refractivity contribution >= 4 is 11.8 Å². The van der Waals surface area contributed by atoms with Crippen molar-refractivity contribution < 1.29 is 9.59 Å². The Labute approximate surface area is 136 Å². The van der Waals surface area contributed by atoms with Crippen molar-refractivity contribution in [2.24, 2.45) is 11.7 Å². The number of carbonyl (C=O) groups excluding carboxylic acids is 2. The number of rotatable bonds is 6. The molecule has 0 radical (unpaired) electrons. The largest absolute Gasteiger partial charge is 0.369 e. The van der Waals surface area contributed by atoms with Gasteiger partial charge in [-0.1, -0.05) is 62.4 Å². The number of nitrogens with one attached hydrogen (secondary N) is 1. The first kappa shape index (κ1) is 16.7. The molecule has 2 aromatic carbocycles. The molecule has 0 aromatic heterocycles. The summed E-state index contributed by atoms with van der Waals surface area (Å²) < 4.78 is 0. The number of hydrogen-bond donors (Lipinski definition) is 2. The SMILES string of the molecule is CC(C)(c1ccccc1)C(CNC(=O)c1ccccc1)C(N)=O. The van der Waals surface area contributed by atoms with Crippen molar-refractivity contribution in [1.29, 1.82) is 0 Å². The van der Waals surface area contributed by atoms with E-state index in [1.807, 2.05) is 50.2 Å². The second-order valence-electron chi connectivity index (χ2n) is 6.12. The molecule has 0 aliphatic rings. The van der Waals surface area contributed by atoms with Gasteiger partial charge in [0.1, 0.15) is 0 Å². The minimum Gasteiger partial charge on any atom is -0.369 e. The van der Waals surface area contributed by atoms with Crippen LogP contribution in [0.5, 0.6) is 0 Å². The van der Waals surface area contributed by atoms with E-state index in [1.54, 1.807) is 24.3 Å². The fourth-order valence-electron chi connectivity index (χ4n) is 2.67. The number of primary amides is 1. The second-order valence-corrected chi connectivity index (χ2v) is 6.12. The van der Waals surface area contributed by atoms with Crippen LogP contribution in [0.2, 0.25) is 0 Å². The summed E-state index contributed by atoms with van der Waals surface area (Å²) in [5.74, 6) is -1.13. The van der Waals surface area contributed by atoms with Crippen LogP contribution in [0.25, 0.3) is 0 Å². The fraction of sp³-hybridized carbons (Fsp3) is 0.263. The molecule has 0 saturated carbocycles. The Bertz CT molecular complexity index is 666. The number of hydrogen-bond acceptors (Lipinski definition) is 2. The van der Waals surface area contributed by atoms with Crippen molar-refractivity contribution in [3.05, 3.63) is 71.8 Å². The molecule has 0 fully saturated rings. The zero-order chi connectivity index (χ0) is 16.9. The normalized spacial score (nSPS) is 12.4. The van der Waals surface area contributed by atoms with E-state index < -0.39 is 17.2 Å². The van der Waals surface area contributed by atoms with Gasteiger partial charge in [0, 0.05) is 17.5 Å². The molecule has 1 atom stereocenters. The average Bonchev–Trinajstić information content (AvgIpc) is 2.56. The molecule has 4 nitrogen and oxygen atoms in total. The zero-order valence-corrected chi connectivity index (χ0v) is 13.5. The standard InChI is InChI=1S/C19H22N2O2/c1-19(2,15-11-7-4-8-12-15)16(17(20)22)13-21-18(23)14-9-5-3-6-10-14/h3-12,16H,13H2,1-2H3,(H2,20,22)(H,21,23). The molecule has 0 saturated heterocycles. The van der Waals surface area contributed by atoms with Crippen LogP contribution in [0.15, 0.2) is 60.7 Å². The third kappa shape index (κ3) is 3.97. The molecule has 120 valence electrons. The van der Waals surface area contributed by atoms with Crippen LogP contribution < -0.4 is 11.1 Å². The molecule has 23 heavy (non-hydrogen) atoms. The molecule has 2 aromatic rings. The molecule has 2 rings (SSSR count). The Hall–Kier alpha value is -2.62. The number of benzene rings is 2. The van der Waals surface area contributed by atoms with Crippen molar-refractivity contribution in [2.75, 3.05) is 6.54 Å². The first-order valence-electron chi connectivity index (χ1n) is 7.61. The van der Waals surface area contributed by atoms with Gasteiger partial charge in [-0.05, 0) is 17.7 Å². The van der Waals surface area contributed by atoms with E-state index in [9.17, 15) is 9.59 Å². The summed E-state index contributed by atoms with van der Waals surface area (Å²) in [6.07, 6.45) is 0. The Balaban J connectivity index is 2.13. The minimum atomic E-state index is -0.502. The van der Waals surface area contributed by atoms with Gasteiger partial charge in [-0.3, -0.25) is 9.59 Å². The third-order valence-corrected chi connectivity index (χ3v) is 4.24. The van der Waals surface area contributed by atoms with Crippen molar-refractivity contribution in [2.45, 2.75) is 19.3 Å². The summed E-state index contributed by atoms with van der Waals surface area (Å²) in [5.41, 5.74) is 6.69. The lowest BCUT2D eigenvalue weighted by molar-refractivity contribution is -0.123. The number of carbonyl (C=O) groups is 2. The maximum atomic E-state index is 12.2. The van der Waals surface area contributed by atoms with Crippen LogP contribution in [0.1, 0.15) is 29.8 Å². The lowest BCUT2D eigenvalue weighted by atomic mass is 9.73. The van der Waals surface area contributed by atoms with Gasteiger partial charge < -0.3 is 11.1 Å². The lowest BCUT2D eigenvalue weighted by Crippen LogP contribution is -2.46. The molecular weight excluding hydrogens is 288 g/mol. The van der Waals surface area contributed by atoms with Crippen molar-refractivity contribution in [3.63, 3.8) is 0 Å². The van der Waals surface area contributed by atoms with Crippen LogP contribution in [-0.2, 0) is 10.2 Å². The molecule has 0 aliphatic heterocycles. The molecule has 0 heterocycles. The Morgan fingerprint density at radius 3 is 2.04 bits per heavy atom. The van der Waals surface area contributed by atoms with Gasteiger partial charge in [-0.25, -0.2) is 0 Å². The Morgan fingerprint density at radius 1 is 1.00 bits per heavy atom. The lowest BCUT2D eigenvalue weighted by Gasteiger charge is -2.33. The van der Waals surface area contributed by atoms with E-state index in [1.165, 1.54) is 0 Å². The molecule has 2 amide bonds. The van der Waals surface area contributed by atoms with Crippen molar-refractivity contribution in [1.82, 2.24) is 5.32 Å². The first-order chi connectivity index (χ1) is 10.9. The van der Waals surface area contributed by atoms with Crippen LogP contribution >= 0.6 is 0 Å². The summed E-state index contributed by atoms with van der Waals surface area (Å²) >= 11 is 0. The van der Waals surface area contributed by atoms with E-state index in [-0.39, 0.29) is 12.5 Å². The summed E-state index contributed by atoms with van der Waals surface area (Å²) in [6, 6.07) is 18.6. The highest BCUT2D eigenvalue weighted by Crippen LogP contribution is 2.31. The zero-order valence-electron chi connectivity index (χ0n) is 13.5. The highest BCUT2D eigenvalue weighted by Gasteiger charge is 2.35. The van der Waals surface area contributed by atoms with E-state index in [0.29, 0.717) is 5.56 Å². The quantitative estimate of drug-likeness (QED) is 0.860. The van der Waals surface area contributed by atoms with Crippen LogP contribution in [0, 0.1) is 5.92 Å². The van der Waals surface area contributed by atoms with E-state index in [4.69, 9.17) is 5.73 Å². The highest BCUT2D eigenvalue weighted by molar-refractivity contribution is 5.94. The maximum absolute atomic E-state index is 12.2. The van der Waals surface area contributed by atoms with E-state index in [0.717, 1.165) is 5.56 Å². The molecular formula is C19H22N2O2. The molecule has 0 bridgehead atoms. The van der Waals surface area contributed by atoms with E-state index >= 15 is 0 Å². The summed E-state index contributed by atoms with van der Waals surface area (Å²) in [4.78, 5) is 24.1. The maximum Gasteiger partial charge on any atom is 0.251 e. The van der Waals surface area contributed by atoms with Gasteiger partial charge in [0.2, 0.25) is 5.91 Å². The molecule has 0 spiro atoms. The fourth-order valence-corrected chi connectivity index (χ4v) is 2.67. The molecule has 4 heteroatoms. The van der Waals surface area contributed by atoms with Crippen LogP contribution in [-0.4, -0.2) is 18.4 Å². The van der Waals surface area contributed by atoms with E-state index in [2.05, 4.69) is 5.32 Å². The Kier molecular flexibility index (Phi) is 5.16. The summed E-state index contributed by atoms with van der Waals surface area (Å²) in [5, 5.41) is 2.82. The van der Waals surface area contributed by atoms with Gasteiger partial charge in [-0.2, -0.15) is 0 Å². The summed E-state index contributed by atoms with van der Waals surface area (Å²) in [7, 11) is 0. The Morgan fingerprint density at radius 2 is 1.52 bits per heavy atom. The number of nitrogens with two attached hydrogens (primary N) is 1. The van der Waals surface area contributed by atoms with Crippen molar-refractivity contribution in [3.8, 4) is 0 Å². The topological polar surface area (TPSA) is 72.2 Å². The number of amides is 2. The predicted molar refractivity (Wildman–Crippen MR) is 90.9 cm³/mol. The molecule has 0 aliphatic carbocycles. The van der Waals surface area contributed by atoms with Gasteiger partial charge in [0.25, 0.3) is 5.91 Å². The summed E-state index contributed by atoms with van der Waals surface area (Å²) in [6.45, 7) is 4.13. The smallest absolute Gasteiger partial charge is 0.251 e. The van der Waals surface area contributed by atoms with Crippen LogP contribution in [0.4, 0.5) is 0 Å². The average molecular weight is 310 g/mol. The van der Waals surface area contributed by atoms with Gasteiger partial charge in [-0.15, -0.1) is 0 Å².